The maximum absolute atomic E-state index is 14.2. The molecule has 0 bridgehead atoms. The second-order valence-corrected chi connectivity index (χ2v) is 13.8. The molecule has 9 heteroatoms. The number of nitrogens with zero attached hydrogens (tertiary/aromatic N) is 3. The predicted molar refractivity (Wildman–Crippen MR) is 163 cm³/mol. The first-order valence-electron chi connectivity index (χ1n) is 16.3. The molecule has 3 N–H and O–H groups in total. The van der Waals surface area contributed by atoms with Gasteiger partial charge in [-0.15, -0.1) is 0 Å². The largest absolute Gasteiger partial charge is 0.342 e. The van der Waals surface area contributed by atoms with E-state index < -0.39 is 5.54 Å². The van der Waals surface area contributed by atoms with Crippen molar-refractivity contribution in [1.82, 2.24) is 30.9 Å². The van der Waals surface area contributed by atoms with Crippen molar-refractivity contribution in [3.63, 3.8) is 0 Å². The Balaban J connectivity index is 0.964. The summed E-state index contributed by atoms with van der Waals surface area (Å²) < 4.78 is 0. The van der Waals surface area contributed by atoms with Crippen molar-refractivity contribution in [2.24, 2.45) is 23.7 Å². The van der Waals surface area contributed by atoms with Crippen molar-refractivity contribution in [1.29, 1.82) is 0 Å². The molecule has 9 nitrogen and oxygen atoms in total. The van der Waals surface area contributed by atoms with Gasteiger partial charge in [0.05, 0.1) is 6.17 Å². The van der Waals surface area contributed by atoms with Gasteiger partial charge in [-0.05, 0) is 67.2 Å². The number of hydrogen-bond donors (Lipinski definition) is 3. The van der Waals surface area contributed by atoms with Crippen molar-refractivity contribution in [3.05, 3.63) is 59.8 Å². The number of carbonyl (C=O) groups is 3. The summed E-state index contributed by atoms with van der Waals surface area (Å²) in [5, 5.41) is 3.85. The van der Waals surface area contributed by atoms with E-state index in [1.165, 1.54) is 22.3 Å². The monoisotopic (exact) mass is 582 g/mol. The highest BCUT2D eigenvalue weighted by Crippen LogP contribution is 2.40. The molecule has 2 saturated carbocycles. The maximum atomic E-state index is 14.2. The molecule has 1 spiro atoms. The van der Waals surface area contributed by atoms with Crippen LogP contribution >= 0.6 is 0 Å². The molecule has 3 saturated heterocycles. The van der Waals surface area contributed by atoms with Crippen LogP contribution in [-0.2, 0) is 14.4 Å². The molecule has 2 unspecified atom stereocenters. The average Bonchev–Trinajstić information content (AvgIpc) is 3.97. The molecule has 3 aliphatic carbocycles. The fourth-order valence-corrected chi connectivity index (χ4v) is 7.63. The minimum atomic E-state index is -0.607. The number of nitrogens with one attached hydrogen (secondary N) is 3. The fourth-order valence-electron chi connectivity index (χ4n) is 7.63. The zero-order valence-corrected chi connectivity index (χ0v) is 24.8. The van der Waals surface area contributed by atoms with Crippen LogP contribution < -0.4 is 16.2 Å². The molecular formula is C34H42N6O3. The van der Waals surface area contributed by atoms with Gasteiger partial charge >= 0.3 is 0 Å². The molecule has 4 aliphatic heterocycles. The lowest BCUT2D eigenvalue weighted by atomic mass is 9.86. The van der Waals surface area contributed by atoms with Gasteiger partial charge in [-0.2, -0.15) is 0 Å². The molecule has 226 valence electrons. The van der Waals surface area contributed by atoms with E-state index >= 15 is 0 Å². The van der Waals surface area contributed by atoms with Crippen molar-refractivity contribution in [2.45, 2.75) is 56.7 Å². The quantitative estimate of drug-likeness (QED) is 0.457. The van der Waals surface area contributed by atoms with Gasteiger partial charge in [0.2, 0.25) is 17.7 Å². The predicted octanol–water partition coefficient (Wildman–Crippen LogP) is 2.49. The third-order valence-electron chi connectivity index (χ3n) is 10.7. The van der Waals surface area contributed by atoms with Gasteiger partial charge < -0.3 is 20.1 Å². The average molecular weight is 583 g/mol. The molecule has 8 rings (SSSR count). The van der Waals surface area contributed by atoms with E-state index in [9.17, 15) is 14.4 Å². The molecule has 7 aliphatic rings. The number of hydrogen-bond acceptors (Lipinski definition) is 6. The van der Waals surface area contributed by atoms with Crippen LogP contribution in [0.15, 0.2) is 48.7 Å². The van der Waals surface area contributed by atoms with Crippen molar-refractivity contribution >= 4 is 28.9 Å². The lowest BCUT2D eigenvalue weighted by molar-refractivity contribution is -0.143. The second-order valence-electron chi connectivity index (χ2n) is 13.8. The highest BCUT2D eigenvalue weighted by atomic mass is 16.2. The van der Waals surface area contributed by atoms with E-state index in [1.807, 2.05) is 16.0 Å². The van der Waals surface area contributed by atoms with Gasteiger partial charge in [0.1, 0.15) is 5.54 Å². The third kappa shape index (κ3) is 5.10. The number of carbonyl (C=O) groups excluding carboxylic acids is 3. The van der Waals surface area contributed by atoms with E-state index in [0.29, 0.717) is 44.3 Å². The number of allylic oxidation sites excluding steroid dienone is 3. The Bertz CT molecular complexity index is 1390. The molecular weight excluding hydrogens is 540 g/mol. The normalized spacial score (nSPS) is 28.6. The molecule has 5 fully saturated rings. The number of amides is 3. The molecule has 1 aromatic rings. The van der Waals surface area contributed by atoms with Crippen LogP contribution in [0.2, 0.25) is 0 Å². The topological polar surface area (TPSA) is 97.0 Å². The standard InChI is InChI=1S/C34H42N6O3/c41-31(27-9-10-27)38-15-13-34(14-16-38)33(43)40(21-22-19-39(20-22)32(42)28-11-12-28)30(37-34)26-7-5-24(6-8-26)23-1-3-25(4-2-23)29-17-35-36-18-29/h1-7,17,22,26-28,30,35-37H,8-16,18-21H2. The Morgan fingerprint density at radius 1 is 0.907 bits per heavy atom. The minimum absolute atomic E-state index is 0.0860. The lowest BCUT2D eigenvalue weighted by Crippen LogP contribution is -2.57. The van der Waals surface area contributed by atoms with Gasteiger partial charge in [0.15, 0.2) is 0 Å². The highest BCUT2D eigenvalue weighted by molar-refractivity contribution is 5.90. The van der Waals surface area contributed by atoms with Crippen LogP contribution in [0.4, 0.5) is 0 Å². The van der Waals surface area contributed by atoms with Gasteiger partial charge in [0, 0.05) is 69.1 Å². The molecule has 0 radical (unpaired) electrons. The maximum Gasteiger partial charge on any atom is 0.244 e. The van der Waals surface area contributed by atoms with Crippen LogP contribution in [0, 0.1) is 23.7 Å². The summed E-state index contributed by atoms with van der Waals surface area (Å²) >= 11 is 0. The van der Waals surface area contributed by atoms with E-state index in [1.54, 1.807) is 0 Å². The van der Waals surface area contributed by atoms with E-state index in [4.69, 9.17) is 0 Å². The summed E-state index contributed by atoms with van der Waals surface area (Å²) in [6.07, 6.45) is 15.0. The lowest BCUT2D eigenvalue weighted by Gasteiger charge is -2.43. The number of piperidine rings is 1. The Labute approximate surface area is 253 Å². The summed E-state index contributed by atoms with van der Waals surface area (Å²) in [4.78, 5) is 45.6. The first-order chi connectivity index (χ1) is 21.0. The molecule has 3 amide bonds. The molecule has 43 heavy (non-hydrogen) atoms. The van der Waals surface area contributed by atoms with Crippen LogP contribution in [-0.4, -0.2) is 83.4 Å². The summed E-state index contributed by atoms with van der Waals surface area (Å²) in [6, 6.07) is 8.72. The Morgan fingerprint density at radius 2 is 1.58 bits per heavy atom. The van der Waals surface area contributed by atoms with Crippen molar-refractivity contribution in [3.8, 4) is 0 Å². The summed E-state index contributed by atoms with van der Waals surface area (Å²) in [7, 11) is 0. The Hall–Kier alpha value is -3.43. The smallest absolute Gasteiger partial charge is 0.244 e. The van der Waals surface area contributed by atoms with E-state index in [0.717, 1.165) is 51.7 Å². The first kappa shape index (κ1) is 27.1. The first-order valence-corrected chi connectivity index (χ1v) is 16.3. The summed E-state index contributed by atoms with van der Waals surface area (Å²) in [5.74, 6) is 1.71. The number of benzene rings is 1. The summed E-state index contributed by atoms with van der Waals surface area (Å²) in [5.41, 5.74) is 10.4. The zero-order valence-electron chi connectivity index (χ0n) is 24.8. The van der Waals surface area contributed by atoms with E-state index in [-0.39, 0.29) is 35.7 Å². The van der Waals surface area contributed by atoms with Crippen LogP contribution in [0.3, 0.4) is 0 Å². The van der Waals surface area contributed by atoms with Gasteiger partial charge in [-0.25, -0.2) is 5.43 Å². The van der Waals surface area contributed by atoms with Gasteiger partial charge in [0.25, 0.3) is 0 Å². The second kappa shape index (κ2) is 10.6. The minimum Gasteiger partial charge on any atom is -0.342 e. The molecule has 1 aromatic carbocycles. The van der Waals surface area contributed by atoms with Gasteiger partial charge in [-0.1, -0.05) is 42.5 Å². The third-order valence-corrected chi connectivity index (χ3v) is 10.7. The fraction of sp³-hybridized carbons (Fsp3) is 0.559. The van der Waals surface area contributed by atoms with Crippen molar-refractivity contribution < 1.29 is 14.4 Å². The highest BCUT2D eigenvalue weighted by Gasteiger charge is 2.55. The molecule has 2 atom stereocenters. The Kier molecular flexibility index (Phi) is 6.71. The van der Waals surface area contributed by atoms with Gasteiger partial charge in [-0.3, -0.25) is 19.7 Å². The zero-order chi connectivity index (χ0) is 29.1. The number of hydrazine groups is 1. The van der Waals surface area contributed by atoms with E-state index in [2.05, 4.69) is 63.6 Å². The van der Waals surface area contributed by atoms with Crippen molar-refractivity contribution in [2.75, 3.05) is 39.3 Å². The van der Waals surface area contributed by atoms with Crippen LogP contribution in [0.5, 0.6) is 0 Å². The molecule has 0 aromatic heterocycles. The SMILES string of the molecule is O=C(C1CC1)N1CCC2(CC1)NC(C1C=CC(c3ccc(C4=CNNC4)cc3)=CC1)N(CC1CN(C(=O)C3CC3)C1)C2=O. The number of likely N-dealkylation sites (tertiary alicyclic amines) is 2. The van der Waals surface area contributed by atoms with Crippen LogP contribution in [0.1, 0.15) is 56.1 Å². The molecule has 4 heterocycles. The number of rotatable bonds is 7. The summed E-state index contributed by atoms with van der Waals surface area (Å²) in [6.45, 7) is 4.30. The van der Waals surface area contributed by atoms with Crippen LogP contribution in [0.25, 0.3) is 11.1 Å². The Morgan fingerprint density at radius 3 is 2.19 bits per heavy atom.